The minimum Gasteiger partial charge on any atom is -0.497 e. The lowest BCUT2D eigenvalue weighted by Crippen LogP contribution is -2.43. The molecular formula is C24H28N4O3. The second-order valence-corrected chi connectivity index (χ2v) is 7.71. The summed E-state index contributed by atoms with van der Waals surface area (Å²) in [6, 6.07) is 17.7. The van der Waals surface area contributed by atoms with Gasteiger partial charge in [-0.1, -0.05) is 24.3 Å². The predicted octanol–water partition coefficient (Wildman–Crippen LogP) is 4.18. The monoisotopic (exact) mass is 420 g/mol. The molecule has 1 aromatic heterocycles. The summed E-state index contributed by atoms with van der Waals surface area (Å²) in [5.41, 5.74) is 4.07. The zero-order valence-corrected chi connectivity index (χ0v) is 17.9. The van der Waals surface area contributed by atoms with Crippen LogP contribution in [0.3, 0.4) is 0 Å². The number of aromatic amines is 1. The average molecular weight is 421 g/mol. The Balaban J connectivity index is 1.30. The van der Waals surface area contributed by atoms with E-state index in [0.717, 1.165) is 59.9 Å². The second kappa shape index (κ2) is 9.55. The quantitative estimate of drug-likeness (QED) is 0.627. The molecule has 0 unspecified atom stereocenters. The molecule has 1 fully saturated rings. The van der Waals surface area contributed by atoms with Gasteiger partial charge in [0, 0.05) is 36.8 Å². The molecule has 2 amide bonds. The largest absolute Gasteiger partial charge is 0.497 e. The molecule has 0 atom stereocenters. The highest BCUT2D eigenvalue weighted by Crippen LogP contribution is 2.30. The second-order valence-electron chi connectivity index (χ2n) is 7.71. The van der Waals surface area contributed by atoms with Gasteiger partial charge in [-0.2, -0.15) is 5.10 Å². The van der Waals surface area contributed by atoms with Crippen molar-refractivity contribution in [3.05, 3.63) is 65.9 Å². The summed E-state index contributed by atoms with van der Waals surface area (Å²) in [6.45, 7) is 1.94. The van der Waals surface area contributed by atoms with Gasteiger partial charge in [-0.15, -0.1) is 0 Å². The molecule has 4 rings (SSSR count). The number of nitrogens with one attached hydrogen (secondary N) is 2. The molecule has 0 radical (unpaired) electrons. The number of urea groups is 1. The van der Waals surface area contributed by atoms with Crippen molar-refractivity contribution in [2.45, 2.75) is 25.3 Å². The summed E-state index contributed by atoms with van der Waals surface area (Å²) in [6.07, 6.45) is 1.82. The van der Waals surface area contributed by atoms with Crippen molar-refractivity contribution in [3.63, 3.8) is 0 Å². The van der Waals surface area contributed by atoms with Crippen LogP contribution in [0, 0.1) is 0 Å². The molecule has 0 spiro atoms. The summed E-state index contributed by atoms with van der Waals surface area (Å²) in [4.78, 5) is 14.5. The maximum atomic E-state index is 12.6. The van der Waals surface area contributed by atoms with Crippen LogP contribution in [0.15, 0.2) is 54.6 Å². The number of piperidine rings is 1. The fourth-order valence-corrected chi connectivity index (χ4v) is 3.94. The highest BCUT2D eigenvalue weighted by Gasteiger charge is 2.25. The van der Waals surface area contributed by atoms with Crippen molar-refractivity contribution >= 4 is 6.03 Å². The third-order valence-corrected chi connectivity index (χ3v) is 5.76. The number of hydrogen-bond donors (Lipinski definition) is 2. The third kappa shape index (κ3) is 4.99. The SMILES string of the molecule is COc1cccc(CNC(=O)N2CCC(c3cc(-c4cccc(OC)c4)n[nH]3)CC2)c1. The zero-order valence-electron chi connectivity index (χ0n) is 17.9. The Morgan fingerprint density at radius 3 is 2.52 bits per heavy atom. The van der Waals surface area contributed by atoms with Gasteiger partial charge >= 0.3 is 6.03 Å². The van der Waals surface area contributed by atoms with Gasteiger partial charge in [-0.25, -0.2) is 4.79 Å². The van der Waals surface area contributed by atoms with Gasteiger partial charge in [0.2, 0.25) is 0 Å². The lowest BCUT2D eigenvalue weighted by molar-refractivity contribution is 0.180. The standard InChI is InChI=1S/C24H28N4O3/c1-30-20-7-3-5-17(13-20)16-25-24(29)28-11-9-18(10-12-28)22-15-23(27-26-22)19-6-4-8-21(14-19)31-2/h3-8,13-15,18H,9-12,16H2,1-2H3,(H,25,29)(H,26,27). The molecule has 31 heavy (non-hydrogen) atoms. The fraction of sp³-hybridized carbons (Fsp3) is 0.333. The van der Waals surface area contributed by atoms with E-state index in [1.807, 2.05) is 53.4 Å². The van der Waals surface area contributed by atoms with Crippen LogP contribution < -0.4 is 14.8 Å². The molecule has 1 aliphatic heterocycles. The number of H-pyrrole nitrogens is 1. The van der Waals surface area contributed by atoms with Crippen molar-refractivity contribution in [3.8, 4) is 22.8 Å². The maximum Gasteiger partial charge on any atom is 0.317 e. The van der Waals surface area contributed by atoms with Crippen LogP contribution in [0.1, 0.15) is 30.0 Å². The zero-order chi connectivity index (χ0) is 21.6. The Hall–Kier alpha value is -3.48. The van der Waals surface area contributed by atoms with Crippen molar-refractivity contribution in [2.24, 2.45) is 0 Å². The Kier molecular flexibility index (Phi) is 6.40. The highest BCUT2D eigenvalue weighted by atomic mass is 16.5. The van der Waals surface area contributed by atoms with Crippen molar-refractivity contribution in [2.75, 3.05) is 27.3 Å². The lowest BCUT2D eigenvalue weighted by Gasteiger charge is -2.31. The van der Waals surface area contributed by atoms with Crippen molar-refractivity contribution in [1.29, 1.82) is 0 Å². The molecule has 2 aromatic carbocycles. The molecular weight excluding hydrogens is 392 g/mol. The van der Waals surface area contributed by atoms with Crippen LogP contribution in [0.5, 0.6) is 11.5 Å². The first-order valence-electron chi connectivity index (χ1n) is 10.5. The number of likely N-dealkylation sites (tertiary alicyclic amines) is 1. The summed E-state index contributed by atoms with van der Waals surface area (Å²) < 4.78 is 10.5. The number of carbonyl (C=O) groups is 1. The van der Waals surface area contributed by atoms with E-state index in [-0.39, 0.29) is 6.03 Å². The first kappa shape index (κ1) is 20.8. The molecule has 0 saturated carbocycles. The van der Waals surface area contributed by atoms with E-state index in [0.29, 0.717) is 12.5 Å². The minimum absolute atomic E-state index is 0.0250. The number of methoxy groups -OCH3 is 2. The van der Waals surface area contributed by atoms with E-state index in [2.05, 4.69) is 21.6 Å². The lowest BCUT2D eigenvalue weighted by atomic mass is 9.93. The fourth-order valence-electron chi connectivity index (χ4n) is 3.94. The number of rotatable bonds is 6. The Morgan fingerprint density at radius 1 is 1.06 bits per heavy atom. The molecule has 3 aromatic rings. The van der Waals surface area contributed by atoms with E-state index in [1.165, 1.54) is 0 Å². The first-order chi connectivity index (χ1) is 15.2. The summed E-state index contributed by atoms with van der Waals surface area (Å²) >= 11 is 0. The van der Waals surface area contributed by atoms with Crippen LogP contribution in [0.4, 0.5) is 4.79 Å². The Morgan fingerprint density at radius 2 is 1.77 bits per heavy atom. The summed E-state index contributed by atoms with van der Waals surface area (Å²) in [5.74, 6) is 1.98. The number of amides is 2. The Bertz CT molecular complexity index is 1020. The number of nitrogens with zero attached hydrogens (tertiary/aromatic N) is 2. The highest BCUT2D eigenvalue weighted by molar-refractivity contribution is 5.74. The van der Waals surface area contributed by atoms with E-state index in [4.69, 9.17) is 9.47 Å². The number of ether oxygens (including phenoxy) is 2. The van der Waals surface area contributed by atoms with Crippen molar-refractivity contribution < 1.29 is 14.3 Å². The van der Waals surface area contributed by atoms with Crippen LogP contribution in [-0.2, 0) is 6.54 Å². The normalized spacial score (nSPS) is 14.3. The molecule has 2 heterocycles. The number of benzene rings is 2. The number of carbonyl (C=O) groups excluding carboxylic acids is 1. The number of aromatic nitrogens is 2. The van der Waals surface area contributed by atoms with Gasteiger partial charge in [0.05, 0.1) is 19.9 Å². The minimum atomic E-state index is -0.0250. The van der Waals surface area contributed by atoms with Gasteiger partial charge in [0.1, 0.15) is 11.5 Å². The van der Waals surface area contributed by atoms with Gasteiger partial charge in [-0.3, -0.25) is 5.10 Å². The van der Waals surface area contributed by atoms with Crippen LogP contribution in [-0.4, -0.2) is 48.4 Å². The molecule has 162 valence electrons. The molecule has 7 heteroatoms. The summed E-state index contributed by atoms with van der Waals surface area (Å²) in [7, 11) is 3.30. The van der Waals surface area contributed by atoms with Gasteiger partial charge < -0.3 is 19.7 Å². The molecule has 7 nitrogen and oxygen atoms in total. The van der Waals surface area contributed by atoms with E-state index in [9.17, 15) is 4.79 Å². The first-order valence-corrected chi connectivity index (χ1v) is 10.5. The van der Waals surface area contributed by atoms with Gasteiger partial charge in [0.25, 0.3) is 0 Å². The third-order valence-electron chi connectivity index (χ3n) is 5.76. The molecule has 1 saturated heterocycles. The van der Waals surface area contributed by atoms with E-state index in [1.54, 1.807) is 14.2 Å². The maximum absolute atomic E-state index is 12.6. The number of hydrogen-bond acceptors (Lipinski definition) is 4. The molecule has 2 N–H and O–H groups in total. The van der Waals surface area contributed by atoms with Gasteiger partial charge in [-0.05, 0) is 48.7 Å². The van der Waals surface area contributed by atoms with E-state index >= 15 is 0 Å². The van der Waals surface area contributed by atoms with Crippen LogP contribution in [0.25, 0.3) is 11.3 Å². The molecule has 0 bridgehead atoms. The Labute approximate surface area is 182 Å². The average Bonchev–Trinajstić information content (AvgIpc) is 3.33. The van der Waals surface area contributed by atoms with Crippen molar-refractivity contribution in [1.82, 2.24) is 20.4 Å². The van der Waals surface area contributed by atoms with Crippen LogP contribution >= 0.6 is 0 Å². The topological polar surface area (TPSA) is 79.5 Å². The van der Waals surface area contributed by atoms with E-state index < -0.39 is 0 Å². The van der Waals surface area contributed by atoms with Gasteiger partial charge in [0.15, 0.2) is 0 Å². The smallest absolute Gasteiger partial charge is 0.317 e. The molecule has 1 aliphatic rings. The molecule has 0 aliphatic carbocycles. The predicted molar refractivity (Wildman–Crippen MR) is 119 cm³/mol. The van der Waals surface area contributed by atoms with Crippen LogP contribution in [0.2, 0.25) is 0 Å². The summed E-state index contributed by atoms with van der Waals surface area (Å²) in [5, 5.41) is 10.7.